The number of hydrogen-bond acceptors (Lipinski definition) is 4. The Hall–Kier alpha value is -2.01. The molecule has 1 aliphatic heterocycles. The van der Waals surface area contributed by atoms with Gasteiger partial charge < -0.3 is 9.84 Å². The molecule has 154 valence electrons. The molecule has 6 heteroatoms. The fourth-order valence-electron chi connectivity index (χ4n) is 3.62. The predicted octanol–water partition coefficient (Wildman–Crippen LogP) is 6.25. The number of halogens is 2. The van der Waals surface area contributed by atoms with E-state index in [9.17, 15) is 9.90 Å². The van der Waals surface area contributed by atoms with Crippen LogP contribution in [0.15, 0.2) is 30.0 Å². The van der Waals surface area contributed by atoms with Gasteiger partial charge in [0.15, 0.2) is 5.76 Å². The van der Waals surface area contributed by atoms with Gasteiger partial charge in [0.05, 0.1) is 11.1 Å². The largest absolute Gasteiger partial charge is 0.507 e. The number of carbonyl (C=O) groups is 1. The zero-order valence-electron chi connectivity index (χ0n) is 16.9. The fourth-order valence-corrected chi connectivity index (χ4v) is 4.08. The number of carbonyl (C=O) groups excluding carboxylic acids is 1. The van der Waals surface area contributed by atoms with Gasteiger partial charge >= 0.3 is 0 Å². The molecule has 0 spiro atoms. The maximum absolute atomic E-state index is 13.0. The molecule has 2 aromatic carbocycles. The van der Waals surface area contributed by atoms with Gasteiger partial charge in [0.1, 0.15) is 11.5 Å². The molecule has 0 saturated heterocycles. The molecule has 0 aromatic heterocycles. The highest BCUT2D eigenvalue weighted by Gasteiger charge is 2.33. The number of rotatable bonds is 7. The van der Waals surface area contributed by atoms with Crippen LogP contribution in [0.1, 0.15) is 53.7 Å². The molecule has 29 heavy (non-hydrogen) atoms. The van der Waals surface area contributed by atoms with Gasteiger partial charge in [0.25, 0.3) is 0 Å². The van der Waals surface area contributed by atoms with Gasteiger partial charge in [-0.15, -0.1) is 0 Å². The Kier molecular flexibility index (Phi) is 6.89. The first-order valence-corrected chi connectivity index (χ1v) is 10.6. The minimum atomic E-state index is -0.206. The summed E-state index contributed by atoms with van der Waals surface area (Å²) in [6.45, 7) is 8.40. The van der Waals surface area contributed by atoms with Crippen LogP contribution in [0.25, 0.3) is 6.08 Å². The Morgan fingerprint density at radius 2 is 1.83 bits per heavy atom. The number of phenolic OH excluding ortho intramolecular Hbond substituents is 1. The molecule has 0 amide bonds. The lowest BCUT2D eigenvalue weighted by molar-refractivity contribution is 0.101. The van der Waals surface area contributed by atoms with Crippen LogP contribution in [0.3, 0.4) is 0 Å². The van der Waals surface area contributed by atoms with Crippen molar-refractivity contribution < 1.29 is 14.6 Å². The maximum Gasteiger partial charge on any atom is 0.232 e. The monoisotopic (exact) mass is 433 g/mol. The number of aromatic hydroxyl groups is 1. The van der Waals surface area contributed by atoms with Crippen molar-refractivity contribution in [3.05, 3.63) is 62.3 Å². The topological polar surface area (TPSA) is 49.8 Å². The highest BCUT2D eigenvalue weighted by atomic mass is 35.5. The van der Waals surface area contributed by atoms with Gasteiger partial charge in [-0.25, -0.2) is 0 Å². The number of allylic oxidation sites excluding steroid dienone is 1. The molecule has 0 atom stereocenters. The lowest BCUT2D eigenvalue weighted by Gasteiger charge is -2.22. The van der Waals surface area contributed by atoms with Crippen molar-refractivity contribution in [2.75, 3.05) is 13.1 Å². The molecule has 1 aliphatic rings. The van der Waals surface area contributed by atoms with E-state index in [2.05, 4.69) is 18.7 Å². The summed E-state index contributed by atoms with van der Waals surface area (Å²) in [7, 11) is 0. The molecular formula is C23H25Cl2NO3. The molecule has 0 saturated carbocycles. The van der Waals surface area contributed by atoms with E-state index < -0.39 is 0 Å². The first-order chi connectivity index (χ1) is 13.8. The third-order valence-electron chi connectivity index (χ3n) is 4.93. The second-order valence-corrected chi connectivity index (χ2v) is 8.12. The van der Waals surface area contributed by atoms with E-state index in [0.29, 0.717) is 44.6 Å². The summed E-state index contributed by atoms with van der Waals surface area (Å²) < 4.78 is 5.99. The number of hydrogen-bond donors (Lipinski definition) is 1. The fraction of sp³-hybridized carbons (Fsp3) is 0.348. The van der Waals surface area contributed by atoms with Crippen LogP contribution in [-0.2, 0) is 6.54 Å². The van der Waals surface area contributed by atoms with Gasteiger partial charge in [0, 0.05) is 16.6 Å². The number of fused-ring (bicyclic) bond motifs is 1. The van der Waals surface area contributed by atoms with E-state index >= 15 is 0 Å². The minimum Gasteiger partial charge on any atom is -0.507 e. The Morgan fingerprint density at radius 3 is 2.45 bits per heavy atom. The quantitative estimate of drug-likeness (QED) is 0.524. The van der Waals surface area contributed by atoms with Crippen LogP contribution >= 0.6 is 23.2 Å². The van der Waals surface area contributed by atoms with Gasteiger partial charge in [-0.2, -0.15) is 0 Å². The molecule has 1 N–H and O–H groups in total. The highest BCUT2D eigenvalue weighted by molar-refractivity contribution is 6.35. The van der Waals surface area contributed by atoms with Crippen LogP contribution in [-0.4, -0.2) is 28.9 Å². The van der Waals surface area contributed by atoms with Gasteiger partial charge in [-0.05, 0) is 68.3 Å². The van der Waals surface area contributed by atoms with Crippen LogP contribution in [0.5, 0.6) is 11.5 Å². The molecule has 1 heterocycles. The minimum absolute atomic E-state index is 0.150. The number of Topliss-reactive ketones (excluding diaryl/α,β-unsaturated/α-hetero) is 1. The number of aryl methyl sites for hydroxylation is 1. The van der Waals surface area contributed by atoms with E-state index in [0.717, 1.165) is 25.9 Å². The second kappa shape index (κ2) is 9.21. The Morgan fingerprint density at radius 1 is 1.14 bits per heavy atom. The highest BCUT2D eigenvalue weighted by Crippen LogP contribution is 2.42. The molecule has 0 bridgehead atoms. The van der Waals surface area contributed by atoms with Crippen molar-refractivity contribution in [2.45, 2.75) is 40.2 Å². The molecular weight excluding hydrogens is 409 g/mol. The molecule has 0 radical (unpaired) electrons. The van der Waals surface area contributed by atoms with E-state index in [1.807, 2.05) is 0 Å². The standard InChI is InChI=1S/C23H25Cl2NO3/c1-4-8-26(9-5-2)13-17-19(27)10-14(3)21-22(28)20(29-23(17)21)11-15-6-7-16(24)12-18(15)25/h6-7,10-12,27H,4-5,8-9,13H2,1-3H3/b20-11+. The van der Waals surface area contributed by atoms with Crippen molar-refractivity contribution in [2.24, 2.45) is 0 Å². The van der Waals surface area contributed by atoms with E-state index in [1.165, 1.54) is 0 Å². The Labute approximate surface area is 181 Å². The van der Waals surface area contributed by atoms with Gasteiger partial charge in [0.2, 0.25) is 5.78 Å². The summed E-state index contributed by atoms with van der Waals surface area (Å²) in [5.41, 5.74) is 2.48. The van der Waals surface area contributed by atoms with Crippen LogP contribution in [0.2, 0.25) is 10.0 Å². The second-order valence-electron chi connectivity index (χ2n) is 7.28. The van der Waals surface area contributed by atoms with Gasteiger partial charge in [-0.1, -0.05) is 43.1 Å². The van der Waals surface area contributed by atoms with Crippen molar-refractivity contribution in [3.63, 3.8) is 0 Å². The third-order valence-corrected chi connectivity index (χ3v) is 5.49. The zero-order valence-corrected chi connectivity index (χ0v) is 18.4. The molecule has 0 unspecified atom stereocenters. The van der Waals surface area contributed by atoms with E-state index in [-0.39, 0.29) is 17.3 Å². The van der Waals surface area contributed by atoms with E-state index in [4.69, 9.17) is 27.9 Å². The van der Waals surface area contributed by atoms with Crippen molar-refractivity contribution in [1.29, 1.82) is 0 Å². The summed E-state index contributed by atoms with van der Waals surface area (Å²) in [4.78, 5) is 15.3. The normalized spacial score (nSPS) is 14.6. The lowest BCUT2D eigenvalue weighted by atomic mass is 9.99. The van der Waals surface area contributed by atoms with Crippen molar-refractivity contribution >= 4 is 35.1 Å². The summed E-state index contributed by atoms with van der Waals surface area (Å²) in [5, 5.41) is 11.6. The summed E-state index contributed by atoms with van der Waals surface area (Å²) in [6.07, 6.45) is 3.64. The molecule has 3 rings (SSSR count). The molecule has 0 fully saturated rings. The summed E-state index contributed by atoms with van der Waals surface area (Å²) in [6, 6.07) is 6.72. The van der Waals surface area contributed by atoms with Crippen LogP contribution < -0.4 is 4.74 Å². The number of phenols is 1. The number of ether oxygens (including phenoxy) is 1. The zero-order chi connectivity index (χ0) is 21.1. The van der Waals surface area contributed by atoms with Gasteiger partial charge in [-0.3, -0.25) is 9.69 Å². The summed E-state index contributed by atoms with van der Waals surface area (Å²) >= 11 is 12.2. The van der Waals surface area contributed by atoms with Crippen LogP contribution in [0, 0.1) is 6.92 Å². The average Bonchev–Trinajstić information content (AvgIpc) is 2.98. The Balaban J connectivity index is 2.01. The first kappa shape index (κ1) is 21.7. The first-order valence-electron chi connectivity index (χ1n) is 9.82. The summed E-state index contributed by atoms with van der Waals surface area (Å²) in [5.74, 6) is 0.581. The number of benzene rings is 2. The smallest absolute Gasteiger partial charge is 0.232 e. The lowest BCUT2D eigenvalue weighted by Crippen LogP contribution is -2.25. The molecule has 4 nitrogen and oxygen atoms in total. The Bertz CT molecular complexity index is 963. The van der Waals surface area contributed by atoms with Crippen molar-refractivity contribution in [1.82, 2.24) is 4.90 Å². The average molecular weight is 434 g/mol. The number of ketones is 1. The number of nitrogens with zero attached hydrogens (tertiary/aromatic N) is 1. The van der Waals surface area contributed by atoms with E-state index in [1.54, 1.807) is 37.3 Å². The third kappa shape index (κ3) is 4.61. The van der Waals surface area contributed by atoms with Crippen molar-refractivity contribution in [3.8, 4) is 11.5 Å². The molecule has 0 aliphatic carbocycles. The predicted molar refractivity (Wildman–Crippen MR) is 118 cm³/mol. The molecule has 2 aromatic rings. The SMILES string of the molecule is CCCN(CCC)Cc1c(O)cc(C)c2c1O/C(=C/c1ccc(Cl)cc1Cl)C2=O. The maximum atomic E-state index is 13.0. The van der Waals surface area contributed by atoms with Crippen LogP contribution in [0.4, 0.5) is 0 Å².